The first-order valence-corrected chi connectivity index (χ1v) is 17.3. The summed E-state index contributed by atoms with van der Waals surface area (Å²) >= 11 is 7.54. The molecule has 5 aromatic rings. The summed E-state index contributed by atoms with van der Waals surface area (Å²) in [5.74, 6) is -5.45. The number of likely N-dealkylation sites (N-methyl/N-ethyl adjacent to an activating group) is 1. The maximum Gasteiger partial charge on any atom is 0.416 e. The summed E-state index contributed by atoms with van der Waals surface area (Å²) in [6.07, 6.45) is 0.944. The number of nitrogens with one attached hydrogen (secondary N) is 1. The van der Waals surface area contributed by atoms with Crippen LogP contribution in [-0.2, 0) is 33.0 Å². The summed E-state index contributed by atoms with van der Waals surface area (Å²) in [6, 6.07) is 14.6. The minimum Gasteiger partial charge on any atom is -1.00 e. The van der Waals surface area contributed by atoms with Gasteiger partial charge in [0.15, 0.2) is 11.6 Å². The van der Waals surface area contributed by atoms with Gasteiger partial charge in [-0.2, -0.15) is 9.83 Å². The molecule has 0 spiro atoms. The number of halogens is 6. The minimum atomic E-state index is -2.22. The van der Waals surface area contributed by atoms with Crippen LogP contribution in [0.4, 0.5) is 23.7 Å². The van der Waals surface area contributed by atoms with Gasteiger partial charge in [-0.15, -0.1) is 28.4 Å². The van der Waals surface area contributed by atoms with Crippen LogP contribution >= 0.6 is 35.3 Å². The molecule has 2 N–H and O–H groups in total. The molecule has 292 valence electrons. The predicted molar refractivity (Wildman–Crippen MR) is 195 cm³/mol. The van der Waals surface area contributed by atoms with Crippen molar-refractivity contribution in [3.8, 4) is 17.3 Å². The molecule has 3 atom stereocenters. The lowest BCUT2D eigenvalue weighted by atomic mass is 9.82. The second-order valence-corrected chi connectivity index (χ2v) is 13.3. The van der Waals surface area contributed by atoms with Crippen molar-refractivity contribution < 1.29 is 54.3 Å². The van der Waals surface area contributed by atoms with Crippen molar-refractivity contribution in [2.45, 2.75) is 44.7 Å². The smallest absolute Gasteiger partial charge is 0.416 e. The number of hydrogen-bond donors (Lipinski definition) is 2. The average Bonchev–Trinajstić information content (AvgIpc) is 3.82. The van der Waals surface area contributed by atoms with Crippen molar-refractivity contribution >= 4 is 53.1 Å². The highest BCUT2D eigenvalue weighted by Crippen LogP contribution is 2.42. The first-order chi connectivity index (χ1) is 25.2. The van der Waals surface area contributed by atoms with Crippen LogP contribution in [0.3, 0.4) is 0 Å². The van der Waals surface area contributed by atoms with Crippen LogP contribution in [-0.4, -0.2) is 52.6 Å². The molecule has 3 unspecified atom stereocenters. The van der Waals surface area contributed by atoms with Crippen LogP contribution in [0, 0.1) is 28.8 Å². The number of carbonyl (C=O) groups excluding carboxylic acids is 2. The number of esters is 1. The van der Waals surface area contributed by atoms with Crippen molar-refractivity contribution in [1.82, 2.24) is 20.1 Å². The maximum atomic E-state index is 15.4. The van der Waals surface area contributed by atoms with E-state index in [-0.39, 0.29) is 43.0 Å². The van der Waals surface area contributed by atoms with Gasteiger partial charge in [0.25, 0.3) is 6.33 Å². The fourth-order valence-corrected chi connectivity index (χ4v) is 6.64. The fourth-order valence-electron chi connectivity index (χ4n) is 5.44. The summed E-state index contributed by atoms with van der Waals surface area (Å²) < 4.78 is 57.5. The molecule has 3 aromatic carbocycles. The molecule has 2 heterocycles. The van der Waals surface area contributed by atoms with E-state index in [1.54, 1.807) is 68.7 Å². The van der Waals surface area contributed by atoms with Crippen LogP contribution in [0.15, 0.2) is 72.6 Å². The Balaban J connectivity index is 0.00000406. The molecule has 1 amide bonds. The lowest BCUT2D eigenvalue weighted by Crippen LogP contribution is -3.00. The zero-order valence-electron chi connectivity index (χ0n) is 29.7. The third kappa shape index (κ3) is 10.1. The molecule has 19 heteroatoms. The van der Waals surface area contributed by atoms with Crippen LogP contribution in [0.1, 0.15) is 47.7 Å². The summed E-state index contributed by atoms with van der Waals surface area (Å²) in [7, 11) is 3.05. The zero-order valence-corrected chi connectivity index (χ0v) is 32.8. The zero-order chi connectivity index (χ0) is 38.4. The highest BCUT2D eigenvalue weighted by Gasteiger charge is 2.44. The molecule has 12 nitrogen and oxygen atoms in total. The van der Waals surface area contributed by atoms with Gasteiger partial charge in [-0.05, 0) is 37.4 Å². The van der Waals surface area contributed by atoms with Gasteiger partial charge in [-0.1, -0.05) is 36.7 Å². The largest absolute Gasteiger partial charge is 1.00 e. The molecule has 0 aliphatic rings. The van der Waals surface area contributed by atoms with Gasteiger partial charge in [-0.25, -0.2) is 22.9 Å². The van der Waals surface area contributed by atoms with Gasteiger partial charge in [0.05, 0.1) is 34.6 Å². The van der Waals surface area contributed by atoms with Gasteiger partial charge >= 0.3 is 12.1 Å². The van der Waals surface area contributed by atoms with Crippen molar-refractivity contribution in [2.24, 2.45) is 0 Å². The number of amides is 1. The Morgan fingerprint density at radius 2 is 1.84 bits per heavy atom. The molecular formula is C36H35Cl3F3N7O5S. The first kappa shape index (κ1) is 44.6. The quantitative estimate of drug-likeness (QED) is 0.104. The lowest BCUT2D eigenvalue weighted by Gasteiger charge is -2.32. The minimum absolute atomic E-state index is 0. The van der Waals surface area contributed by atoms with Crippen LogP contribution in [0.2, 0.25) is 5.02 Å². The number of thiazole rings is 1. The highest BCUT2D eigenvalue weighted by atomic mass is 35.5. The normalized spacial score (nSPS) is 12.9. The first-order valence-electron chi connectivity index (χ1n) is 16.0. The van der Waals surface area contributed by atoms with E-state index in [0.29, 0.717) is 45.2 Å². The standard InChI is InChI=1S/C36H34ClF3N7O5S.2ClH/c1-21(34-44-31(17-53-34)24-10-8-23(14-41)9-11-24)36(50,26-12-29(39)30(40)13-28(26)38)18-47-20-46(19-43-47)22(2)52-35(49)45(4)32-7-5-6-27(37)25(32)16-51-33(48)15-42-3;;/h5-13,17,19-22,42,50H,15-16,18H2,1-4H3;2*1H/q+1;;/p-1. The summed E-state index contributed by atoms with van der Waals surface area (Å²) in [6.45, 7) is 2.47. The Labute approximate surface area is 335 Å². The van der Waals surface area contributed by atoms with Crippen LogP contribution in [0.5, 0.6) is 0 Å². The SMILES string of the molecule is CNCC(=O)OCc1c(Cl)cccc1N(C)C(=O)OC(C)[n+]1cnn(CC(O)(c2cc(F)c(F)cc2F)C(C)c2nc(-c3ccc(C#N)cc3)cs2)c1.Cl.[Cl-]. The van der Waals surface area contributed by atoms with Gasteiger partial charge in [0.1, 0.15) is 24.6 Å². The Hall–Kier alpha value is -4.76. The second-order valence-electron chi connectivity index (χ2n) is 12.0. The second kappa shape index (κ2) is 19.2. The predicted octanol–water partition coefficient (Wildman–Crippen LogP) is 3.41. The van der Waals surface area contributed by atoms with Crippen LogP contribution < -0.4 is 27.2 Å². The van der Waals surface area contributed by atoms with E-state index in [1.807, 2.05) is 6.07 Å². The Morgan fingerprint density at radius 1 is 1.15 bits per heavy atom. The number of hydrogen-bond acceptors (Lipinski definition) is 10. The number of ether oxygens (including phenoxy) is 2. The number of rotatable bonds is 13. The van der Waals surface area contributed by atoms with Crippen molar-refractivity contribution in [1.29, 1.82) is 5.26 Å². The molecule has 0 radical (unpaired) electrons. The molecule has 0 aliphatic heterocycles. The summed E-state index contributed by atoms with van der Waals surface area (Å²) in [5, 5.41) is 30.7. The average molecular weight is 841 g/mol. The summed E-state index contributed by atoms with van der Waals surface area (Å²) in [4.78, 5) is 31.0. The molecule has 0 saturated heterocycles. The Morgan fingerprint density at radius 3 is 2.51 bits per heavy atom. The van der Waals surface area contributed by atoms with E-state index in [0.717, 1.165) is 0 Å². The van der Waals surface area contributed by atoms with Crippen molar-refractivity contribution in [2.75, 3.05) is 25.5 Å². The van der Waals surface area contributed by atoms with E-state index < -0.39 is 59.4 Å². The van der Waals surface area contributed by atoms with Crippen molar-refractivity contribution in [3.63, 3.8) is 0 Å². The van der Waals surface area contributed by atoms with E-state index >= 15 is 4.39 Å². The summed E-state index contributed by atoms with van der Waals surface area (Å²) in [5.41, 5.74) is -0.324. The molecule has 0 aliphatic carbocycles. The molecule has 0 saturated carbocycles. The monoisotopic (exact) mass is 839 g/mol. The van der Waals surface area contributed by atoms with E-state index in [1.165, 1.54) is 45.2 Å². The molecule has 0 fully saturated rings. The number of aliphatic hydroxyl groups is 1. The van der Waals surface area contributed by atoms with Gasteiger partial charge in [0, 0.05) is 58.1 Å². The number of carbonyl (C=O) groups is 2. The van der Waals surface area contributed by atoms with Crippen LogP contribution in [0.25, 0.3) is 11.3 Å². The number of aromatic nitrogens is 4. The van der Waals surface area contributed by atoms with E-state index in [4.69, 9.17) is 26.3 Å². The lowest BCUT2D eigenvalue weighted by molar-refractivity contribution is -0.753. The number of nitriles is 1. The molecule has 0 bridgehead atoms. The Kier molecular flexibility index (Phi) is 15.6. The van der Waals surface area contributed by atoms with E-state index in [2.05, 4.69) is 15.4 Å². The third-order valence-corrected chi connectivity index (χ3v) is 9.90. The van der Waals surface area contributed by atoms with Crippen molar-refractivity contribution in [3.05, 3.63) is 117 Å². The fraction of sp³-hybridized carbons (Fsp3) is 0.278. The number of anilines is 1. The molecule has 5 rings (SSSR count). The van der Waals surface area contributed by atoms with Gasteiger partial charge in [0.2, 0.25) is 12.6 Å². The highest BCUT2D eigenvalue weighted by molar-refractivity contribution is 7.10. The third-order valence-electron chi connectivity index (χ3n) is 8.52. The number of benzene rings is 3. The Bertz CT molecular complexity index is 2170. The topological polar surface area (TPSA) is 146 Å². The molecule has 55 heavy (non-hydrogen) atoms. The molecule has 2 aromatic heterocycles. The number of nitrogens with zero attached hydrogens (tertiary/aromatic N) is 6. The van der Waals surface area contributed by atoms with Gasteiger partial charge in [-0.3, -0.25) is 9.69 Å². The van der Waals surface area contributed by atoms with E-state index in [9.17, 15) is 23.5 Å². The molecular weight excluding hydrogens is 806 g/mol. The van der Waals surface area contributed by atoms with Gasteiger partial charge < -0.3 is 32.3 Å². The maximum absolute atomic E-state index is 15.4.